The zero-order chi connectivity index (χ0) is 18.1. The summed E-state index contributed by atoms with van der Waals surface area (Å²) in [5, 5.41) is 23.3. The third-order valence-electron chi connectivity index (χ3n) is 3.63. The van der Waals surface area contributed by atoms with Crippen molar-refractivity contribution >= 4 is 39.2 Å². The Hall–Kier alpha value is -3.37. The van der Waals surface area contributed by atoms with E-state index in [4.69, 9.17) is 16.7 Å². The van der Waals surface area contributed by atoms with Gasteiger partial charge in [-0.2, -0.15) is 10.5 Å². The number of hydrogen-bond acceptors (Lipinski definition) is 8. The monoisotopic (exact) mass is 400 g/mol. The van der Waals surface area contributed by atoms with E-state index in [0.29, 0.717) is 11.1 Å². The van der Waals surface area contributed by atoms with Crippen LogP contribution in [-0.2, 0) is 0 Å². The van der Waals surface area contributed by atoms with Gasteiger partial charge < -0.3 is 16.8 Å². The van der Waals surface area contributed by atoms with Crippen LogP contribution in [0.2, 0.25) is 0 Å². The molecule has 0 saturated carbocycles. The molecule has 1 aliphatic rings. The average molecular weight is 401 g/mol. The van der Waals surface area contributed by atoms with Gasteiger partial charge in [-0.1, -0.05) is 12.1 Å². The van der Waals surface area contributed by atoms with Gasteiger partial charge in [-0.3, -0.25) is 5.32 Å². The van der Waals surface area contributed by atoms with E-state index in [9.17, 15) is 9.65 Å². The molecular formula is C15H10BrFN8. The maximum atomic E-state index is 14.0. The lowest BCUT2D eigenvalue weighted by molar-refractivity contribution is 0.616. The molecule has 0 spiro atoms. The summed E-state index contributed by atoms with van der Waals surface area (Å²) in [5.41, 5.74) is 12.8. The molecule has 1 aromatic carbocycles. The maximum absolute atomic E-state index is 14.0. The van der Waals surface area contributed by atoms with E-state index in [-0.39, 0.29) is 33.3 Å². The molecule has 1 unspecified atom stereocenters. The summed E-state index contributed by atoms with van der Waals surface area (Å²) in [6.07, 6.45) is 1.75. The van der Waals surface area contributed by atoms with Gasteiger partial charge in [0, 0.05) is 5.56 Å². The van der Waals surface area contributed by atoms with Crippen LogP contribution in [0.3, 0.4) is 0 Å². The molecule has 8 nitrogen and oxygen atoms in total. The summed E-state index contributed by atoms with van der Waals surface area (Å²) in [5.74, 6) is -0.193. The normalized spacial score (nSPS) is 15.2. The Labute approximate surface area is 150 Å². The van der Waals surface area contributed by atoms with E-state index in [1.54, 1.807) is 12.3 Å². The molecule has 124 valence electrons. The number of halogens is 2. The van der Waals surface area contributed by atoms with Gasteiger partial charge in [0.25, 0.3) is 0 Å². The number of aromatic nitrogens is 1. The van der Waals surface area contributed by atoms with Gasteiger partial charge in [0.1, 0.15) is 35.1 Å². The minimum absolute atomic E-state index is 0.0185. The number of fused-ring (bicyclic) bond motifs is 1. The fourth-order valence-corrected chi connectivity index (χ4v) is 3.02. The number of nitrogen functional groups attached to an aromatic ring is 2. The quantitative estimate of drug-likeness (QED) is 0.422. The van der Waals surface area contributed by atoms with Crippen LogP contribution in [0.5, 0.6) is 0 Å². The molecule has 25 heavy (non-hydrogen) atoms. The van der Waals surface area contributed by atoms with Gasteiger partial charge in [-0.05, 0) is 27.6 Å². The van der Waals surface area contributed by atoms with Crippen LogP contribution in [0.25, 0.3) is 0 Å². The first-order chi connectivity index (χ1) is 12.0. The highest BCUT2D eigenvalue weighted by molar-refractivity contribution is 9.10. The van der Waals surface area contributed by atoms with E-state index in [2.05, 4.69) is 36.5 Å². The van der Waals surface area contributed by atoms with Crippen molar-refractivity contribution < 1.29 is 4.39 Å². The van der Waals surface area contributed by atoms with Gasteiger partial charge in [0.2, 0.25) is 5.96 Å². The molecule has 3 rings (SSSR count). The molecule has 2 heterocycles. The number of nitrogens with two attached hydrogens (primary N) is 2. The van der Waals surface area contributed by atoms with Crippen LogP contribution in [0.4, 0.5) is 21.7 Å². The zero-order valence-corrected chi connectivity index (χ0v) is 14.1. The molecule has 6 N–H and O–H groups in total. The predicted octanol–water partition coefficient (Wildman–Crippen LogP) is 1.96. The highest BCUT2D eigenvalue weighted by Crippen LogP contribution is 2.42. The number of hydrogen-bond donors (Lipinski definition) is 4. The Morgan fingerprint density at radius 1 is 1.32 bits per heavy atom. The molecule has 0 saturated heterocycles. The van der Waals surface area contributed by atoms with E-state index in [1.807, 2.05) is 6.07 Å². The first-order valence-corrected chi connectivity index (χ1v) is 7.70. The van der Waals surface area contributed by atoms with Crippen molar-refractivity contribution in [2.24, 2.45) is 4.99 Å². The number of benzene rings is 1. The van der Waals surface area contributed by atoms with Gasteiger partial charge in [-0.15, -0.1) is 0 Å². The van der Waals surface area contributed by atoms with Crippen molar-refractivity contribution in [3.05, 3.63) is 45.2 Å². The van der Waals surface area contributed by atoms with Gasteiger partial charge in [0.05, 0.1) is 10.2 Å². The Morgan fingerprint density at radius 3 is 2.76 bits per heavy atom. The van der Waals surface area contributed by atoms with Crippen molar-refractivity contribution in [1.82, 2.24) is 10.3 Å². The van der Waals surface area contributed by atoms with Crippen LogP contribution < -0.4 is 22.1 Å². The minimum Gasteiger partial charge on any atom is -0.397 e. The standard InChI is InChI=1S/C15H10BrFN8/c16-10-6(2-1-3-8(10)17)12-9-11(20)7(4-18)13(21)24-14(9)25-15(23-12)22-5-19/h1-3,12H,(H6,20,21,22,23,24,25). The van der Waals surface area contributed by atoms with E-state index < -0.39 is 11.9 Å². The Kier molecular flexibility index (Phi) is 4.13. The Balaban J connectivity index is 2.30. The minimum atomic E-state index is -0.794. The number of aliphatic imine (C=N–C) groups is 1. The van der Waals surface area contributed by atoms with Crippen molar-refractivity contribution in [3.8, 4) is 12.3 Å². The molecule has 2 aromatic rings. The van der Waals surface area contributed by atoms with Crippen LogP contribution in [0.15, 0.2) is 27.7 Å². The summed E-state index contributed by atoms with van der Waals surface area (Å²) >= 11 is 3.20. The molecule has 0 bridgehead atoms. The maximum Gasteiger partial charge on any atom is 0.211 e. The molecule has 1 aromatic heterocycles. The zero-order valence-electron chi connectivity index (χ0n) is 12.5. The van der Waals surface area contributed by atoms with Gasteiger partial charge in [-0.25, -0.2) is 14.4 Å². The lowest BCUT2D eigenvalue weighted by Crippen LogP contribution is -2.32. The molecule has 0 radical (unpaired) electrons. The number of guanidine groups is 1. The fourth-order valence-electron chi connectivity index (χ4n) is 2.54. The van der Waals surface area contributed by atoms with Crippen LogP contribution in [-0.4, -0.2) is 10.9 Å². The predicted molar refractivity (Wildman–Crippen MR) is 93.5 cm³/mol. The Morgan fingerprint density at radius 2 is 2.08 bits per heavy atom. The summed E-state index contributed by atoms with van der Waals surface area (Å²) < 4.78 is 14.2. The van der Waals surface area contributed by atoms with E-state index in [1.165, 1.54) is 12.1 Å². The molecule has 1 atom stereocenters. The first-order valence-electron chi connectivity index (χ1n) is 6.90. The number of anilines is 3. The highest BCUT2D eigenvalue weighted by Gasteiger charge is 2.31. The Bertz CT molecular complexity index is 988. The van der Waals surface area contributed by atoms with Gasteiger partial charge in [0.15, 0.2) is 6.19 Å². The number of nitrogens with zero attached hydrogens (tertiary/aromatic N) is 4. The van der Waals surface area contributed by atoms with Crippen LogP contribution in [0, 0.1) is 28.6 Å². The summed E-state index contributed by atoms with van der Waals surface area (Å²) in [4.78, 5) is 8.49. The number of nitriles is 2. The summed E-state index contributed by atoms with van der Waals surface area (Å²) in [6.45, 7) is 0. The molecule has 0 aliphatic carbocycles. The second kappa shape index (κ2) is 6.26. The average Bonchev–Trinajstić information content (AvgIpc) is 2.57. The summed E-state index contributed by atoms with van der Waals surface area (Å²) in [6, 6.07) is 5.58. The van der Waals surface area contributed by atoms with Crippen LogP contribution >= 0.6 is 15.9 Å². The smallest absolute Gasteiger partial charge is 0.211 e. The first kappa shape index (κ1) is 16.5. The largest absolute Gasteiger partial charge is 0.397 e. The molecular weight excluding hydrogens is 391 g/mol. The topological polar surface area (TPSA) is 149 Å². The van der Waals surface area contributed by atoms with E-state index >= 15 is 0 Å². The van der Waals surface area contributed by atoms with Crippen molar-refractivity contribution in [1.29, 1.82) is 10.5 Å². The molecule has 1 aliphatic heterocycles. The van der Waals surface area contributed by atoms with E-state index in [0.717, 1.165) is 0 Å². The fraction of sp³-hybridized carbons (Fsp3) is 0.0667. The highest BCUT2D eigenvalue weighted by atomic mass is 79.9. The number of rotatable bonds is 1. The third-order valence-corrected chi connectivity index (χ3v) is 4.47. The molecule has 0 fully saturated rings. The molecule has 10 heteroatoms. The lowest BCUT2D eigenvalue weighted by Gasteiger charge is -2.26. The van der Waals surface area contributed by atoms with Crippen molar-refractivity contribution in [2.75, 3.05) is 16.8 Å². The second-order valence-electron chi connectivity index (χ2n) is 5.04. The molecule has 0 amide bonds. The third kappa shape index (κ3) is 2.69. The lowest BCUT2D eigenvalue weighted by atomic mass is 9.95. The van der Waals surface area contributed by atoms with Crippen LogP contribution in [0.1, 0.15) is 22.7 Å². The number of nitrogens with one attached hydrogen (secondary N) is 2. The van der Waals surface area contributed by atoms with Gasteiger partial charge >= 0.3 is 0 Å². The SMILES string of the molecule is N#CNC1=NC(c2cccc(F)c2Br)c2c(nc(N)c(C#N)c2N)N1. The van der Waals surface area contributed by atoms with Crippen molar-refractivity contribution in [2.45, 2.75) is 6.04 Å². The second-order valence-corrected chi connectivity index (χ2v) is 5.84. The van der Waals surface area contributed by atoms with Crippen molar-refractivity contribution in [3.63, 3.8) is 0 Å². The number of pyridine rings is 1. The summed E-state index contributed by atoms with van der Waals surface area (Å²) in [7, 11) is 0.